The smallest absolute Gasteiger partial charge is 0.287 e. The van der Waals surface area contributed by atoms with Crippen LogP contribution in [0.3, 0.4) is 0 Å². The van der Waals surface area contributed by atoms with Gasteiger partial charge in [-0.05, 0) is 50.1 Å². The molecule has 1 fully saturated rings. The van der Waals surface area contributed by atoms with Gasteiger partial charge >= 0.3 is 0 Å². The monoisotopic (exact) mass is 431 g/mol. The number of hydrogen-bond donors (Lipinski definition) is 1. The molecule has 0 bridgehead atoms. The summed E-state index contributed by atoms with van der Waals surface area (Å²) in [4.78, 5) is 32.1. The highest BCUT2D eigenvalue weighted by molar-refractivity contribution is 5.99. The van der Waals surface area contributed by atoms with Crippen LogP contribution in [0.25, 0.3) is 21.9 Å². The van der Waals surface area contributed by atoms with E-state index in [1.165, 1.54) is 12.1 Å². The van der Waals surface area contributed by atoms with Crippen molar-refractivity contribution in [3.05, 3.63) is 77.4 Å². The summed E-state index contributed by atoms with van der Waals surface area (Å²) in [5, 5.41) is 4.59. The molecule has 7 heteroatoms. The summed E-state index contributed by atoms with van der Waals surface area (Å²) in [6.45, 7) is 2.77. The number of fused-ring (bicyclic) bond motifs is 2. The fourth-order valence-corrected chi connectivity index (χ4v) is 4.25. The average Bonchev–Trinajstić information content (AvgIpc) is 3.23. The fraction of sp³-hybridized carbons (Fsp3) is 0.240. The second-order valence-corrected chi connectivity index (χ2v) is 8.17. The molecule has 1 aliphatic rings. The number of carbonyl (C=O) groups is 2. The van der Waals surface area contributed by atoms with E-state index in [1.807, 2.05) is 24.3 Å². The zero-order chi connectivity index (χ0) is 22.2. The van der Waals surface area contributed by atoms with Crippen molar-refractivity contribution in [1.29, 1.82) is 0 Å². The van der Waals surface area contributed by atoms with Gasteiger partial charge in [-0.1, -0.05) is 18.2 Å². The lowest BCUT2D eigenvalue weighted by atomic mass is 10.0. The number of para-hydroxylation sites is 1. The lowest BCUT2D eigenvalue weighted by molar-refractivity contribution is 0.0671. The minimum Gasteiger partial charge on any atom is -0.451 e. The number of hydrogen-bond acceptors (Lipinski definition) is 4. The van der Waals surface area contributed by atoms with Gasteiger partial charge in [-0.15, -0.1) is 0 Å². The molecule has 1 unspecified atom stereocenters. The summed E-state index contributed by atoms with van der Waals surface area (Å²) in [5.74, 6) is -0.519. The van der Waals surface area contributed by atoms with Crippen molar-refractivity contribution in [2.45, 2.75) is 25.8 Å². The van der Waals surface area contributed by atoms with E-state index in [0.717, 1.165) is 18.2 Å². The number of pyridine rings is 1. The molecule has 162 valence electrons. The van der Waals surface area contributed by atoms with Gasteiger partial charge in [0.15, 0.2) is 5.76 Å². The zero-order valence-corrected chi connectivity index (χ0v) is 17.6. The van der Waals surface area contributed by atoms with Crippen LogP contribution in [0.5, 0.6) is 0 Å². The third-order valence-electron chi connectivity index (χ3n) is 5.89. The number of nitrogens with one attached hydrogen (secondary N) is 1. The highest BCUT2D eigenvalue weighted by atomic mass is 19.1. The number of furan rings is 1. The Balaban J connectivity index is 1.31. The van der Waals surface area contributed by atoms with E-state index in [0.29, 0.717) is 40.8 Å². The van der Waals surface area contributed by atoms with Crippen LogP contribution in [-0.2, 0) is 0 Å². The molecule has 1 aliphatic heterocycles. The van der Waals surface area contributed by atoms with Gasteiger partial charge in [-0.3, -0.25) is 14.6 Å². The number of amides is 2. The van der Waals surface area contributed by atoms with Gasteiger partial charge in [0, 0.05) is 36.0 Å². The summed E-state index contributed by atoms with van der Waals surface area (Å²) >= 11 is 0. The van der Waals surface area contributed by atoms with Gasteiger partial charge in [0.2, 0.25) is 0 Å². The maximum absolute atomic E-state index is 13.5. The first-order valence-electron chi connectivity index (χ1n) is 10.6. The number of aryl methyl sites for hydroxylation is 1. The summed E-state index contributed by atoms with van der Waals surface area (Å²) < 4.78 is 19.1. The van der Waals surface area contributed by atoms with Gasteiger partial charge in [0.05, 0.1) is 16.8 Å². The number of piperidine rings is 1. The van der Waals surface area contributed by atoms with Crippen LogP contribution in [0.4, 0.5) is 4.39 Å². The Morgan fingerprint density at radius 1 is 1.12 bits per heavy atom. The Hall–Kier alpha value is -3.74. The molecule has 0 spiro atoms. The van der Waals surface area contributed by atoms with Gasteiger partial charge < -0.3 is 14.6 Å². The minimum atomic E-state index is -0.359. The van der Waals surface area contributed by atoms with Crippen molar-refractivity contribution in [3.63, 3.8) is 0 Å². The number of nitrogens with zero attached hydrogens (tertiary/aromatic N) is 2. The summed E-state index contributed by atoms with van der Waals surface area (Å²) in [6.07, 6.45) is 1.56. The molecule has 1 saturated heterocycles. The van der Waals surface area contributed by atoms with E-state index < -0.39 is 0 Å². The van der Waals surface area contributed by atoms with Gasteiger partial charge in [0.1, 0.15) is 11.4 Å². The largest absolute Gasteiger partial charge is 0.451 e. The molecular formula is C25H22FN3O3. The van der Waals surface area contributed by atoms with E-state index in [4.69, 9.17) is 4.42 Å². The molecule has 0 radical (unpaired) electrons. The molecule has 2 aromatic heterocycles. The predicted molar refractivity (Wildman–Crippen MR) is 119 cm³/mol. The lowest BCUT2D eigenvalue weighted by Crippen LogP contribution is -2.49. The van der Waals surface area contributed by atoms with E-state index in [1.54, 1.807) is 30.0 Å². The van der Waals surface area contributed by atoms with Crippen molar-refractivity contribution in [2.24, 2.45) is 0 Å². The Morgan fingerprint density at radius 3 is 2.81 bits per heavy atom. The standard InChI is InChI=1S/C25H22FN3O3/c1-15-20(11-16-8-9-18(26)13-21(16)27-15)25(31)29-10-4-6-19(14-29)28-24(30)23-12-17-5-2-3-7-22(17)32-23/h2-3,5,7-9,11-13,19H,4,6,10,14H2,1H3,(H,28,30). The maximum Gasteiger partial charge on any atom is 0.287 e. The molecule has 4 aromatic rings. The van der Waals surface area contributed by atoms with Crippen LogP contribution >= 0.6 is 0 Å². The molecule has 0 aliphatic carbocycles. The molecule has 32 heavy (non-hydrogen) atoms. The Morgan fingerprint density at radius 2 is 1.97 bits per heavy atom. The predicted octanol–water partition coefficient (Wildman–Crippen LogP) is 4.46. The lowest BCUT2D eigenvalue weighted by Gasteiger charge is -2.33. The molecule has 3 heterocycles. The van der Waals surface area contributed by atoms with Crippen LogP contribution in [-0.4, -0.2) is 40.8 Å². The Kier molecular flexibility index (Phi) is 5.09. The van der Waals surface area contributed by atoms with Gasteiger partial charge in [-0.25, -0.2) is 4.39 Å². The topological polar surface area (TPSA) is 75.4 Å². The van der Waals surface area contributed by atoms with Gasteiger partial charge in [0.25, 0.3) is 11.8 Å². The van der Waals surface area contributed by atoms with Crippen molar-refractivity contribution in [3.8, 4) is 0 Å². The summed E-state index contributed by atoms with van der Waals surface area (Å²) in [6, 6.07) is 15.1. The molecule has 1 atom stereocenters. The first-order valence-corrected chi connectivity index (χ1v) is 10.6. The SMILES string of the molecule is Cc1nc2cc(F)ccc2cc1C(=O)N1CCCC(NC(=O)c2cc3ccccc3o2)C1. The van der Waals surface area contributed by atoms with Crippen molar-refractivity contribution < 1.29 is 18.4 Å². The van der Waals surface area contributed by atoms with Crippen molar-refractivity contribution in [1.82, 2.24) is 15.2 Å². The van der Waals surface area contributed by atoms with Crippen LogP contribution < -0.4 is 5.32 Å². The average molecular weight is 431 g/mol. The Bertz CT molecular complexity index is 1310. The van der Waals surface area contributed by atoms with E-state index >= 15 is 0 Å². The summed E-state index contributed by atoms with van der Waals surface area (Å²) in [7, 11) is 0. The van der Waals surface area contributed by atoms with Crippen LogP contribution in [0, 0.1) is 12.7 Å². The fourth-order valence-electron chi connectivity index (χ4n) is 4.25. The van der Waals surface area contributed by atoms with E-state index in [9.17, 15) is 14.0 Å². The molecule has 6 nitrogen and oxygen atoms in total. The number of rotatable bonds is 3. The molecule has 5 rings (SSSR count). The summed E-state index contributed by atoms with van der Waals surface area (Å²) in [5.41, 5.74) is 2.24. The molecular weight excluding hydrogens is 409 g/mol. The first kappa shape index (κ1) is 20.2. The number of benzene rings is 2. The van der Waals surface area contributed by atoms with E-state index in [-0.39, 0.29) is 29.4 Å². The van der Waals surface area contributed by atoms with Crippen molar-refractivity contribution in [2.75, 3.05) is 13.1 Å². The van der Waals surface area contributed by atoms with Gasteiger partial charge in [-0.2, -0.15) is 0 Å². The third kappa shape index (κ3) is 3.82. The minimum absolute atomic E-state index is 0.135. The number of aromatic nitrogens is 1. The third-order valence-corrected chi connectivity index (χ3v) is 5.89. The quantitative estimate of drug-likeness (QED) is 0.520. The normalized spacial score (nSPS) is 16.4. The first-order chi connectivity index (χ1) is 15.5. The second-order valence-electron chi connectivity index (χ2n) is 8.17. The molecule has 2 amide bonds. The number of carbonyl (C=O) groups excluding carboxylic acids is 2. The second kappa shape index (κ2) is 8.07. The van der Waals surface area contributed by atoms with Crippen LogP contribution in [0.2, 0.25) is 0 Å². The number of likely N-dealkylation sites (tertiary alicyclic amines) is 1. The van der Waals surface area contributed by atoms with Crippen LogP contribution in [0.1, 0.15) is 39.4 Å². The highest BCUT2D eigenvalue weighted by Gasteiger charge is 2.27. The van der Waals surface area contributed by atoms with Crippen molar-refractivity contribution >= 4 is 33.7 Å². The maximum atomic E-state index is 13.5. The highest BCUT2D eigenvalue weighted by Crippen LogP contribution is 2.22. The number of halogens is 1. The zero-order valence-electron chi connectivity index (χ0n) is 17.6. The molecule has 0 saturated carbocycles. The molecule has 1 N–H and O–H groups in total. The van der Waals surface area contributed by atoms with Crippen LogP contribution in [0.15, 0.2) is 59.0 Å². The molecule has 2 aromatic carbocycles. The van der Waals surface area contributed by atoms with E-state index in [2.05, 4.69) is 10.3 Å². The Labute approximate surface area is 184 Å².